The number of hydrogen-bond donors (Lipinski definition) is 2. The second kappa shape index (κ2) is 50.7. The molecule has 0 aliphatic heterocycles. The number of carbonyl (C=O) groups excluding carboxylic acids is 2. The van der Waals surface area contributed by atoms with Gasteiger partial charge in [-0.15, -0.1) is 0 Å². The maximum absolute atomic E-state index is 13.5. The van der Waals surface area contributed by atoms with Gasteiger partial charge in [-0.05, 0) is 102 Å². The molecule has 0 aromatic carbocycles. The maximum Gasteiger partial charge on any atom is 0.472 e. The van der Waals surface area contributed by atoms with Gasteiger partial charge < -0.3 is 19.4 Å². The first kappa shape index (κ1) is 68.2. The largest absolute Gasteiger partial charge is 0.472 e. The van der Waals surface area contributed by atoms with Crippen LogP contribution in [-0.2, 0) is 27.9 Å². The lowest BCUT2D eigenvalue weighted by Gasteiger charge is -2.27. The minimum Gasteiger partial charge on any atom is -0.456 e. The minimum atomic E-state index is -4.46. The number of allylic oxidation sites excluding steroid dienone is 13. The van der Waals surface area contributed by atoms with Crippen molar-refractivity contribution in [2.75, 3.05) is 40.9 Å². The van der Waals surface area contributed by atoms with Crippen LogP contribution in [0, 0.1) is 0 Å². The number of esters is 1. The third kappa shape index (κ3) is 51.9. The Morgan fingerprint density at radius 2 is 0.901 bits per heavy atom. The lowest BCUT2D eigenvalue weighted by Crippen LogP contribution is -2.47. The van der Waals surface area contributed by atoms with Gasteiger partial charge in [0.25, 0.3) is 0 Å². The molecule has 0 fully saturated rings. The van der Waals surface area contributed by atoms with Crippen molar-refractivity contribution < 1.29 is 37.3 Å². The molecule has 0 aromatic rings. The maximum atomic E-state index is 13.5. The molecule has 0 radical (unpaired) electrons. The monoisotopic (exact) mass is 1010 g/mol. The van der Waals surface area contributed by atoms with Gasteiger partial charge in [0.05, 0.1) is 33.8 Å². The molecule has 0 aliphatic carbocycles. The minimum absolute atomic E-state index is 0.0288. The highest BCUT2D eigenvalue weighted by Crippen LogP contribution is 2.43. The van der Waals surface area contributed by atoms with Crippen molar-refractivity contribution >= 4 is 19.7 Å². The van der Waals surface area contributed by atoms with Crippen LogP contribution < -0.4 is 5.32 Å². The molecule has 3 atom stereocenters. The van der Waals surface area contributed by atoms with Crippen LogP contribution in [0.4, 0.5) is 0 Å². The summed E-state index contributed by atoms with van der Waals surface area (Å²) >= 11 is 0. The molecule has 3 unspecified atom stereocenters. The second-order valence-corrected chi connectivity index (χ2v) is 21.9. The molecule has 0 aliphatic rings. The Morgan fingerprint density at radius 1 is 0.507 bits per heavy atom. The van der Waals surface area contributed by atoms with E-state index in [1.54, 1.807) is 0 Å². The van der Waals surface area contributed by atoms with E-state index < -0.39 is 20.0 Å². The van der Waals surface area contributed by atoms with Gasteiger partial charge in [0.1, 0.15) is 19.3 Å². The summed E-state index contributed by atoms with van der Waals surface area (Å²) in [6.07, 6.45) is 65.8. The summed E-state index contributed by atoms with van der Waals surface area (Å²) in [4.78, 5) is 37.6. The zero-order chi connectivity index (χ0) is 52.2. The number of phosphoric ester groups is 1. The first-order valence-corrected chi connectivity index (χ1v) is 30.4. The summed E-state index contributed by atoms with van der Waals surface area (Å²) in [5, 5.41) is 3.03. The highest BCUT2D eigenvalue weighted by atomic mass is 31.2. The highest BCUT2D eigenvalue weighted by molar-refractivity contribution is 7.47. The average molecular weight is 1010 g/mol. The lowest BCUT2D eigenvalue weighted by atomic mass is 10.0. The molecular formula is C61H110N2O7P+. The lowest BCUT2D eigenvalue weighted by molar-refractivity contribution is -0.870. The number of unbranched alkanes of at least 4 members (excludes halogenated alkanes) is 23. The van der Waals surface area contributed by atoms with Crippen molar-refractivity contribution in [3.8, 4) is 0 Å². The number of nitrogens with zero attached hydrogens (tertiary/aromatic N) is 1. The van der Waals surface area contributed by atoms with Crippen molar-refractivity contribution in [2.45, 2.75) is 251 Å². The van der Waals surface area contributed by atoms with Crippen LogP contribution in [0.15, 0.2) is 85.1 Å². The molecule has 10 heteroatoms. The molecule has 0 spiro atoms. The van der Waals surface area contributed by atoms with E-state index in [1.165, 1.54) is 96.3 Å². The molecule has 2 N–H and O–H groups in total. The number of likely N-dealkylation sites (N-methyl/N-ethyl adjacent to an activating group) is 1. The molecule has 0 saturated heterocycles. The number of amides is 1. The molecule has 0 bridgehead atoms. The fraction of sp³-hybridized carbons (Fsp3) is 0.738. The van der Waals surface area contributed by atoms with E-state index in [1.807, 2.05) is 33.3 Å². The molecular weight excluding hydrogens is 904 g/mol. The summed E-state index contributed by atoms with van der Waals surface area (Å²) in [6, 6.07) is -0.871. The molecule has 0 rings (SSSR count). The smallest absolute Gasteiger partial charge is 0.456 e. The van der Waals surface area contributed by atoms with E-state index in [4.69, 9.17) is 13.8 Å². The topological polar surface area (TPSA) is 111 Å². The van der Waals surface area contributed by atoms with E-state index in [0.717, 1.165) is 103 Å². The first-order valence-electron chi connectivity index (χ1n) is 28.9. The van der Waals surface area contributed by atoms with Gasteiger partial charge in [0, 0.05) is 12.8 Å². The van der Waals surface area contributed by atoms with Crippen LogP contribution in [0.3, 0.4) is 0 Å². The van der Waals surface area contributed by atoms with Gasteiger partial charge in [-0.25, -0.2) is 4.57 Å². The number of nitrogens with one attached hydrogen (secondary N) is 1. The van der Waals surface area contributed by atoms with Crippen molar-refractivity contribution in [3.63, 3.8) is 0 Å². The van der Waals surface area contributed by atoms with E-state index in [-0.39, 0.29) is 37.9 Å². The van der Waals surface area contributed by atoms with Gasteiger partial charge in [0.15, 0.2) is 0 Å². The van der Waals surface area contributed by atoms with Crippen LogP contribution >= 0.6 is 7.82 Å². The fourth-order valence-corrected chi connectivity index (χ4v) is 8.58. The van der Waals surface area contributed by atoms with Crippen molar-refractivity contribution in [1.82, 2.24) is 5.32 Å². The second-order valence-electron chi connectivity index (χ2n) is 20.4. The molecule has 71 heavy (non-hydrogen) atoms. The molecule has 0 saturated carbocycles. The summed E-state index contributed by atoms with van der Waals surface area (Å²) in [6.45, 7) is 6.83. The number of quaternary nitrogens is 1. The van der Waals surface area contributed by atoms with E-state index >= 15 is 0 Å². The Kier molecular flexibility index (Phi) is 48.7. The fourth-order valence-electron chi connectivity index (χ4n) is 7.84. The van der Waals surface area contributed by atoms with Crippen LogP contribution in [0.2, 0.25) is 0 Å². The zero-order valence-corrected chi connectivity index (χ0v) is 47.6. The molecule has 0 aromatic heterocycles. The first-order chi connectivity index (χ1) is 34.4. The number of phosphoric acid groups is 1. The Bertz CT molecular complexity index is 1490. The van der Waals surface area contributed by atoms with Crippen molar-refractivity contribution in [3.05, 3.63) is 85.1 Å². The number of ether oxygens (including phenoxy) is 1. The molecule has 0 heterocycles. The molecule has 1 amide bonds. The van der Waals surface area contributed by atoms with Gasteiger partial charge in [-0.2, -0.15) is 0 Å². The van der Waals surface area contributed by atoms with Crippen molar-refractivity contribution in [2.24, 2.45) is 0 Å². The van der Waals surface area contributed by atoms with E-state index in [2.05, 4.69) is 99.0 Å². The predicted molar refractivity (Wildman–Crippen MR) is 304 cm³/mol. The Hall–Kier alpha value is -2.81. The van der Waals surface area contributed by atoms with E-state index in [0.29, 0.717) is 17.4 Å². The Labute approximate surface area is 437 Å². The Morgan fingerprint density at radius 3 is 1.39 bits per heavy atom. The van der Waals surface area contributed by atoms with Gasteiger partial charge >= 0.3 is 13.8 Å². The van der Waals surface area contributed by atoms with Crippen LogP contribution in [-0.4, -0.2) is 74.3 Å². The number of rotatable bonds is 51. The summed E-state index contributed by atoms with van der Waals surface area (Å²) in [5.74, 6) is -0.555. The molecule has 9 nitrogen and oxygen atoms in total. The van der Waals surface area contributed by atoms with Crippen molar-refractivity contribution in [1.29, 1.82) is 0 Å². The van der Waals surface area contributed by atoms with Gasteiger partial charge in [-0.1, -0.05) is 209 Å². The number of carbonyl (C=O) groups is 2. The van der Waals surface area contributed by atoms with Crippen LogP contribution in [0.1, 0.15) is 239 Å². The zero-order valence-electron chi connectivity index (χ0n) is 46.7. The Balaban J connectivity index is 5.40. The normalized spacial score (nSPS) is 14.4. The van der Waals surface area contributed by atoms with Gasteiger partial charge in [-0.3, -0.25) is 18.6 Å². The van der Waals surface area contributed by atoms with Gasteiger partial charge in [0.2, 0.25) is 5.91 Å². The predicted octanol–water partition coefficient (Wildman–Crippen LogP) is 17.4. The average Bonchev–Trinajstić information content (AvgIpc) is 3.33. The van der Waals surface area contributed by atoms with Crippen LogP contribution in [0.25, 0.3) is 0 Å². The summed E-state index contributed by atoms with van der Waals surface area (Å²) < 4.78 is 30.6. The third-order valence-corrected chi connectivity index (χ3v) is 13.3. The standard InChI is InChI=1S/C61H109N2O7P/c1-7-10-13-16-19-22-25-28-30-31-32-33-34-35-38-41-44-47-50-53-60(64)62-58(57-69-71(66,67)68-56-55-63(4,5)6)59(52-49-46-43-40-37-27-24-21-18-15-12-9-3)70-61(65)54-51-48-45-42-39-36-29-26-23-20-17-14-11-8-2/h11,14,19-20,22-23,28,30,32-33,35,38,49,52,58-59H,7-10,12-13,15-18,21,24-27,29,31,34,36-37,39-48,50-51,53-57H2,1-6H3,(H-,62,64,66,67)/p+1/b14-11+,22-19-,23-20+,30-28-,33-32-,38-35-,52-49-. The quantitative estimate of drug-likeness (QED) is 0.0205. The highest BCUT2D eigenvalue weighted by Gasteiger charge is 2.30. The van der Waals surface area contributed by atoms with E-state index in [9.17, 15) is 19.0 Å². The van der Waals surface area contributed by atoms with Crippen LogP contribution in [0.5, 0.6) is 0 Å². The number of hydrogen-bond acceptors (Lipinski definition) is 6. The summed E-state index contributed by atoms with van der Waals surface area (Å²) in [5.41, 5.74) is 0. The molecule has 410 valence electrons. The summed E-state index contributed by atoms with van der Waals surface area (Å²) in [7, 11) is 1.46. The SMILES string of the molecule is CC/C=C/C/C=C/CCCCCCCCCC(=O)OC(/C=C\CCCCCCCCCCCC)C(COP(=O)(O)OCC[N+](C)(C)C)NC(=O)CCCCC/C=C\C/C=C\C/C=C\C/C=C\CCCCC. The third-order valence-electron chi connectivity index (χ3n) is 12.3.